The van der Waals surface area contributed by atoms with Crippen LogP contribution in [0.1, 0.15) is 44.6 Å². The van der Waals surface area contributed by atoms with Gasteiger partial charge in [-0.3, -0.25) is 0 Å². The number of halogens is 1. The summed E-state index contributed by atoms with van der Waals surface area (Å²) in [5, 5.41) is 3.40. The van der Waals surface area contributed by atoms with Gasteiger partial charge in [0.05, 0.1) is 5.69 Å². The third-order valence-corrected chi connectivity index (χ3v) is 3.90. The van der Waals surface area contributed by atoms with Crippen molar-refractivity contribution < 1.29 is 4.39 Å². The Morgan fingerprint density at radius 1 is 1.29 bits per heavy atom. The van der Waals surface area contributed by atoms with E-state index in [-0.39, 0.29) is 5.82 Å². The van der Waals surface area contributed by atoms with Gasteiger partial charge in [-0.1, -0.05) is 32.3 Å². The molecule has 0 amide bonds. The van der Waals surface area contributed by atoms with E-state index >= 15 is 0 Å². The van der Waals surface area contributed by atoms with Gasteiger partial charge >= 0.3 is 0 Å². The van der Waals surface area contributed by atoms with E-state index in [4.69, 9.17) is 0 Å². The second-order valence-electron chi connectivity index (χ2n) is 5.19. The minimum Gasteiger partial charge on any atom is -0.380 e. The number of aryl methyl sites for hydroxylation is 1. The first-order valence-electron chi connectivity index (χ1n) is 6.73. The molecule has 1 aliphatic carbocycles. The molecule has 0 aliphatic heterocycles. The van der Waals surface area contributed by atoms with Gasteiger partial charge in [-0.15, -0.1) is 0 Å². The van der Waals surface area contributed by atoms with Crippen LogP contribution in [0.2, 0.25) is 0 Å². The van der Waals surface area contributed by atoms with Crippen LogP contribution in [0.4, 0.5) is 10.1 Å². The van der Waals surface area contributed by atoms with Crippen LogP contribution < -0.4 is 5.32 Å². The van der Waals surface area contributed by atoms with Gasteiger partial charge in [0.25, 0.3) is 0 Å². The van der Waals surface area contributed by atoms with E-state index in [2.05, 4.69) is 12.2 Å². The lowest BCUT2D eigenvalue weighted by Crippen LogP contribution is -2.32. The molecule has 1 fully saturated rings. The molecule has 0 bridgehead atoms. The van der Waals surface area contributed by atoms with Gasteiger partial charge in [-0.2, -0.15) is 0 Å². The van der Waals surface area contributed by atoms with Crippen molar-refractivity contribution in [3.63, 3.8) is 0 Å². The average Bonchev–Trinajstić information content (AvgIpc) is 2.33. The van der Waals surface area contributed by atoms with E-state index in [1.165, 1.54) is 32.1 Å². The molecule has 1 nitrogen and oxygen atoms in total. The molecule has 1 aliphatic rings. The summed E-state index contributed by atoms with van der Waals surface area (Å²) in [6.45, 7) is 4.15. The molecule has 0 radical (unpaired) electrons. The summed E-state index contributed by atoms with van der Waals surface area (Å²) >= 11 is 0. The Hall–Kier alpha value is -1.05. The number of rotatable bonds is 3. The fraction of sp³-hybridized carbons (Fsp3) is 0.600. The molecule has 1 aromatic carbocycles. The largest absolute Gasteiger partial charge is 0.380 e. The summed E-state index contributed by atoms with van der Waals surface area (Å²) in [4.78, 5) is 0. The summed E-state index contributed by atoms with van der Waals surface area (Å²) in [5.74, 6) is 0.579. The third kappa shape index (κ3) is 2.99. The molecule has 17 heavy (non-hydrogen) atoms. The molecular formula is C15H22FN. The van der Waals surface area contributed by atoms with Crippen LogP contribution in [0.15, 0.2) is 18.2 Å². The molecule has 1 N–H and O–H groups in total. The first kappa shape index (κ1) is 12.4. The minimum absolute atomic E-state index is 0.120. The van der Waals surface area contributed by atoms with Gasteiger partial charge in [-0.05, 0) is 43.4 Å². The Balaban J connectivity index is 2.08. The molecule has 2 unspecified atom stereocenters. The normalized spacial score (nSPS) is 24.6. The van der Waals surface area contributed by atoms with E-state index in [1.54, 1.807) is 6.07 Å². The van der Waals surface area contributed by atoms with Crippen LogP contribution in [0, 0.1) is 18.7 Å². The number of benzene rings is 1. The molecule has 1 saturated carbocycles. The highest BCUT2D eigenvalue weighted by Gasteiger charge is 2.23. The lowest BCUT2D eigenvalue weighted by atomic mass is 9.83. The Morgan fingerprint density at radius 3 is 2.76 bits per heavy atom. The molecule has 2 rings (SSSR count). The van der Waals surface area contributed by atoms with Crippen molar-refractivity contribution >= 4 is 5.69 Å². The first-order chi connectivity index (χ1) is 8.20. The third-order valence-electron chi connectivity index (χ3n) is 3.90. The van der Waals surface area contributed by atoms with E-state index < -0.39 is 0 Å². The SMILES string of the molecule is CCC1CCCCC1Nc1ccc(C)cc1F. The van der Waals surface area contributed by atoms with Gasteiger partial charge in [-0.25, -0.2) is 4.39 Å². The van der Waals surface area contributed by atoms with E-state index in [0.29, 0.717) is 17.6 Å². The highest BCUT2D eigenvalue weighted by molar-refractivity contribution is 5.47. The molecule has 2 atom stereocenters. The molecular weight excluding hydrogens is 213 g/mol. The molecule has 0 saturated heterocycles. The summed E-state index contributed by atoms with van der Waals surface area (Å²) in [6.07, 6.45) is 6.23. The van der Waals surface area contributed by atoms with Crippen LogP contribution in [0.3, 0.4) is 0 Å². The Kier molecular flexibility index (Phi) is 4.03. The van der Waals surface area contributed by atoms with Crippen molar-refractivity contribution in [3.05, 3.63) is 29.6 Å². The molecule has 94 valence electrons. The maximum atomic E-state index is 13.8. The fourth-order valence-corrected chi connectivity index (χ4v) is 2.82. The number of hydrogen-bond donors (Lipinski definition) is 1. The van der Waals surface area contributed by atoms with Crippen molar-refractivity contribution in [3.8, 4) is 0 Å². The van der Waals surface area contributed by atoms with Gasteiger partial charge in [0.15, 0.2) is 0 Å². The van der Waals surface area contributed by atoms with Crippen molar-refractivity contribution in [2.24, 2.45) is 5.92 Å². The summed E-state index contributed by atoms with van der Waals surface area (Å²) < 4.78 is 13.8. The Bertz CT molecular complexity index is 375. The Labute approximate surface area is 103 Å². The Morgan fingerprint density at radius 2 is 2.06 bits per heavy atom. The standard InChI is InChI=1S/C15H22FN/c1-3-12-6-4-5-7-14(12)17-15-9-8-11(2)10-13(15)16/h8-10,12,14,17H,3-7H2,1-2H3. The summed E-state index contributed by atoms with van der Waals surface area (Å²) in [7, 11) is 0. The lowest BCUT2D eigenvalue weighted by Gasteiger charge is -2.32. The topological polar surface area (TPSA) is 12.0 Å². The van der Waals surface area contributed by atoms with Crippen molar-refractivity contribution in [1.82, 2.24) is 0 Å². The van der Waals surface area contributed by atoms with Gasteiger partial charge in [0.1, 0.15) is 5.82 Å². The fourth-order valence-electron chi connectivity index (χ4n) is 2.82. The second-order valence-corrected chi connectivity index (χ2v) is 5.19. The highest BCUT2D eigenvalue weighted by atomic mass is 19.1. The smallest absolute Gasteiger partial charge is 0.146 e. The van der Waals surface area contributed by atoms with E-state index in [1.807, 2.05) is 19.1 Å². The first-order valence-corrected chi connectivity index (χ1v) is 6.73. The van der Waals surface area contributed by atoms with Crippen LogP contribution >= 0.6 is 0 Å². The number of hydrogen-bond acceptors (Lipinski definition) is 1. The van der Waals surface area contributed by atoms with Crippen LogP contribution in [-0.2, 0) is 0 Å². The van der Waals surface area contributed by atoms with Crippen LogP contribution in [0.25, 0.3) is 0 Å². The second kappa shape index (κ2) is 5.52. The molecule has 2 heteroatoms. The maximum absolute atomic E-state index is 13.8. The zero-order chi connectivity index (χ0) is 12.3. The zero-order valence-corrected chi connectivity index (χ0v) is 10.8. The van der Waals surface area contributed by atoms with Gasteiger partial charge < -0.3 is 5.32 Å². The predicted molar refractivity (Wildman–Crippen MR) is 70.8 cm³/mol. The van der Waals surface area contributed by atoms with Crippen LogP contribution in [0.5, 0.6) is 0 Å². The summed E-state index contributed by atoms with van der Waals surface area (Å²) in [5.41, 5.74) is 1.64. The number of nitrogens with one attached hydrogen (secondary N) is 1. The predicted octanol–water partition coefficient (Wildman–Crippen LogP) is 4.51. The van der Waals surface area contributed by atoms with Gasteiger partial charge in [0.2, 0.25) is 0 Å². The zero-order valence-electron chi connectivity index (χ0n) is 10.8. The van der Waals surface area contributed by atoms with E-state index in [0.717, 1.165) is 5.56 Å². The van der Waals surface area contributed by atoms with Gasteiger partial charge in [0, 0.05) is 6.04 Å². The van der Waals surface area contributed by atoms with Crippen molar-refractivity contribution in [2.75, 3.05) is 5.32 Å². The highest BCUT2D eigenvalue weighted by Crippen LogP contribution is 2.30. The van der Waals surface area contributed by atoms with Crippen molar-refractivity contribution in [2.45, 2.75) is 52.0 Å². The minimum atomic E-state index is -0.120. The lowest BCUT2D eigenvalue weighted by molar-refractivity contribution is 0.316. The number of anilines is 1. The molecule has 0 aromatic heterocycles. The average molecular weight is 235 g/mol. The van der Waals surface area contributed by atoms with Crippen molar-refractivity contribution in [1.29, 1.82) is 0 Å². The quantitative estimate of drug-likeness (QED) is 0.812. The molecule has 1 aromatic rings. The van der Waals surface area contributed by atoms with Crippen LogP contribution in [-0.4, -0.2) is 6.04 Å². The maximum Gasteiger partial charge on any atom is 0.146 e. The monoisotopic (exact) mass is 235 g/mol. The summed E-state index contributed by atoms with van der Waals surface area (Å²) in [6, 6.07) is 5.89. The molecule has 0 spiro atoms. The van der Waals surface area contributed by atoms with E-state index in [9.17, 15) is 4.39 Å². The molecule has 0 heterocycles.